The fourth-order valence-electron chi connectivity index (χ4n) is 2.62. The van der Waals surface area contributed by atoms with Crippen molar-refractivity contribution < 1.29 is 22.7 Å². The molecular formula is C14H16F3N5O2. The molecule has 0 saturated carbocycles. The first-order valence-electron chi connectivity index (χ1n) is 7.40. The minimum atomic E-state index is -4.60. The molecule has 2 aromatic rings. The van der Waals surface area contributed by atoms with E-state index in [4.69, 9.17) is 4.74 Å². The molecule has 10 heteroatoms. The number of ether oxygens (including phenoxy) is 1. The number of carbonyl (C=O) groups excluding carboxylic acids is 1. The van der Waals surface area contributed by atoms with Crippen molar-refractivity contribution in [1.29, 1.82) is 0 Å². The van der Waals surface area contributed by atoms with Crippen LogP contribution in [0.1, 0.15) is 40.6 Å². The number of rotatable bonds is 3. The monoisotopic (exact) mass is 343 g/mol. The quantitative estimate of drug-likeness (QED) is 0.896. The largest absolute Gasteiger partial charge is 0.435 e. The number of carbonyl (C=O) groups is 1. The number of amides is 1. The Balaban J connectivity index is 1.71. The number of aromatic nitrogens is 4. The lowest BCUT2D eigenvalue weighted by Crippen LogP contribution is -2.16. The molecule has 3 rings (SSSR count). The maximum Gasteiger partial charge on any atom is 0.435 e. The van der Waals surface area contributed by atoms with Crippen molar-refractivity contribution in [2.45, 2.75) is 24.9 Å². The molecule has 0 aromatic carbocycles. The minimum Gasteiger partial charge on any atom is -0.381 e. The average molecular weight is 343 g/mol. The van der Waals surface area contributed by atoms with Crippen molar-refractivity contribution in [3.05, 3.63) is 29.2 Å². The van der Waals surface area contributed by atoms with E-state index in [0.29, 0.717) is 19.3 Å². The summed E-state index contributed by atoms with van der Waals surface area (Å²) >= 11 is 0. The number of H-pyrrole nitrogens is 1. The summed E-state index contributed by atoms with van der Waals surface area (Å²) in [5.41, 5.74) is -0.437. The number of hydrogen-bond acceptors (Lipinski definition) is 4. The van der Waals surface area contributed by atoms with E-state index >= 15 is 0 Å². The van der Waals surface area contributed by atoms with Crippen molar-refractivity contribution in [3.8, 4) is 0 Å². The number of nitrogens with zero attached hydrogens (tertiary/aromatic N) is 3. The van der Waals surface area contributed by atoms with Crippen molar-refractivity contribution in [2.24, 2.45) is 7.05 Å². The summed E-state index contributed by atoms with van der Waals surface area (Å²) in [5, 5.41) is 12.6. The molecule has 0 radical (unpaired) electrons. The molecule has 1 saturated heterocycles. The van der Waals surface area contributed by atoms with Gasteiger partial charge < -0.3 is 10.1 Å². The number of anilines is 1. The molecular weight excluding hydrogens is 327 g/mol. The van der Waals surface area contributed by atoms with Crippen LogP contribution in [0, 0.1) is 0 Å². The predicted octanol–water partition coefficient (Wildman–Crippen LogP) is 2.31. The van der Waals surface area contributed by atoms with Crippen LogP contribution in [0.15, 0.2) is 12.1 Å². The van der Waals surface area contributed by atoms with Gasteiger partial charge in [-0.3, -0.25) is 14.6 Å². The van der Waals surface area contributed by atoms with Gasteiger partial charge >= 0.3 is 6.18 Å². The molecule has 2 aromatic heterocycles. The zero-order valence-electron chi connectivity index (χ0n) is 12.9. The Kier molecular flexibility index (Phi) is 4.31. The Morgan fingerprint density at radius 1 is 1.38 bits per heavy atom. The van der Waals surface area contributed by atoms with Crippen molar-refractivity contribution in [1.82, 2.24) is 20.0 Å². The SMILES string of the molecule is Cn1nc(C(F)(F)F)cc1C(=O)Nc1cc(C2CCOCC2)[nH]n1. The third-order valence-electron chi connectivity index (χ3n) is 3.90. The number of halogens is 3. The molecule has 24 heavy (non-hydrogen) atoms. The highest BCUT2D eigenvalue weighted by Crippen LogP contribution is 2.29. The maximum absolute atomic E-state index is 12.6. The van der Waals surface area contributed by atoms with Crippen molar-refractivity contribution in [3.63, 3.8) is 0 Å². The van der Waals surface area contributed by atoms with Crippen molar-refractivity contribution >= 4 is 11.7 Å². The lowest BCUT2D eigenvalue weighted by molar-refractivity contribution is -0.141. The summed E-state index contributed by atoms with van der Waals surface area (Å²) < 4.78 is 44.1. The van der Waals surface area contributed by atoms with E-state index in [2.05, 4.69) is 20.6 Å². The van der Waals surface area contributed by atoms with Gasteiger partial charge in [-0.15, -0.1) is 0 Å². The van der Waals surface area contributed by atoms with Crippen LogP contribution in [0.4, 0.5) is 19.0 Å². The van der Waals surface area contributed by atoms with E-state index in [-0.39, 0.29) is 17.4 Å². The summed E-state index contributed by atoms with van der Waals surface area (Å²) in [5.74, 6) is -0.174. The van der Waals surface area contributed by atoms with Crippen LogP contribution in [0.25, 0.3) is 0 Å². The van der Waals surface area contributed by atoms with Crippen LogP contribution in [-0.4, -0.2) is 39.1 Å². The van der Waals surface area contributed by atoms with E-state index < -0.39 is 17.8 Å². The van der Waals surface area contributed by atoms with Gasteiger partial charge in [-0.1, -0.05) is 0 Å². The van der Waals surface area contributed by atoms with Gasteiger partial charge in [-0.25, -0.2) is 0 Å². The minimum absolute atomic E-state index is 0.196. The van der Waals surface area contributed by atoms with Gasteiger partial charge in [0.2, 0.25) is 0 Å². The summed E-state index contributed by atoms with van der Waals surface area (Å²) in [4.78, 5) is 12.1. The first kappa shape index (κ1) is 16.5. The molecule has 1 fully saturated rings. The van der Waals surface area contributed by atoms with Gasteiger partial charge in [0.25, 0.3) is 5.91 Å². The van der Waals surface area contributed by atoms with E-state index in [1.54, 1.807) is 6.07 Å². The molecule has 0 bridgehead atoms. The van der Waals surface area contributed by atoms with Gasteiger partial charge in [0.05, 0.1) is 0 Å². The van der Waals surface area contributed by atoms with Crippen LogP contribution in [0.3, 0.4) is 0 Å². The predicted molar refractivity (Wildman–Crippen MR) is 77.5 cm³/mol. The molecule has 0 atom stereocenters. The van der Waals surface area contributed by atoms with E-state index in [0.717, 1.165) is 23.2 Å². The Morgan fingerprint density at radius 2 is 2.08 bits per heavy atom. The highest BCUT2D eigenvalue weighted by atomic mass is 19.4. The highest BCUT2D eigenvalue weighted by Gasteiger charge is 2.35. The second-order valence-corrected chi connectivity index (χ2v) is 5.59. The normalized spacial score (nSPS) is 16.3. The summed E-state index contributed by atoms with van der Waals surface area (Å²) in [6.07, 6.45) is -2.89. The molecule has 3 heterocycles. The fourth-order valence-corrected chi connectivity index (χ4v) is 2.62. The Labute approximate surface area is 135 Å². The zero-order chi connectivity index (χ0) is 17.3. The summed E-state index contributed by atoms with van der Waals surface area (Å²) in [7, 11) is 1.28. The number of alkyl halides is 3. The van der Waals surface area contributed by atoms with Gasteiger partial charge in [-0.2, -0.15) is 23.4 Å². The fraction of sp³-hybridized carbons (Fsp3) is 0.500. The highest BCUT2D eigenvalue weighted by molar-refractivity contribution is 6.02. The first-order chi connectivity index (χ1) is 11.3. The molecule has 1 amide bonds. The summed E-state index contributed by atoms with van der Waals surface area (Å²) in [6.45, 7) is 1.33. The lowest BCUT2D eigenvalue weighted by Gasteiger charge is -2.20. The molecule has 0 aliphatic carbocycles. The Morgan fingerprint density at radius 3 is 2.71 bits per heavy atom. The molecule has 130 valence electrons. The number of aryl methyl sites for hydroxylation is 1. The van der Waals surface area contributed by atoms with Gasteiger partial charge in [0.15, 0.2) is 11.5 Å². The first-order valence-corrected chi connectivity index (χ1v) is 7.40. The van der Waals surface area contributed by atoms with Crippen LogP contribution in [-0.2, 0) is 18.0 Å². The van der Waals surface area contributed by atoms with E-state index in [9.17, 15) is 18.0 Å². The molecule has 0 spiro atoms. The van der Waals surface area contributed by atoms with Crippen LogP contribution < -0.4 is 5.32 Å². The zero-order valence-corrected chi connectivity index (χ0v) is 12.9. The molecule has 1 aliphatic heterocycles. The third kappa shape index (κ3) is 3.42. The van der Waals surface area contributed by atoms with Crippen LogP contribution in [0.2, 0.25) is 0 Å². The molecule has 7 nitrogen and oxygen atoms in total. The molecule has 0 unspecified atom stereocenters. The number of aromatic amines is 1. The number of hydrogen-bond donors (Lipinski definition) is 2. The van der Waals surface area contributed by atoms with Crippen LogP contribution >= 0.6 is 0 Å². The van der Waals surface area contributed by atoms with Crippen LogP contribution in [0.5, 0.6) is 0 Å². The summed E-state index contributed by atoms with van der Waals surface area (Å²) in [6, 6.07) is 2.40. The number of nitrogens with one attached hydrogen (secondary N) is 2. The maximum atomic E-state index is 12.6. The Bertz CT molecular complexity index is 731. The van der Waals surface area contributed by atoms with E-state index in [1.165, 1.54) is 7.05 Å². The van der Waals surface area contributed by atoms with E-state index in [1.807, 2.05) is 0 Å². The molecule has 2 N–H and O–H groups in total. The topological polar surface area (TPSA) is 84.8 Å². The molecule has 1 aliphatic rings. The third-order valence-corrected chi connectivity index (χ3v) is 3.90. The standard InChI is InChI=1S/C14H16F3N5O2/c1-22-10(7-11(21-22)14(15,16)17)13(23)18-12-6-9(19-20-12)8-2-4-24-5-3-8/h6-8H,2-5H2,1H3,(H2,18,19,20,23). The van der Waals surface area contributed by atoms with Gasteiger partial charge in [-0.05, 0) is 12.8 Å². The van der Waals surface area contributed by atoms with Crippen molar-refractivity contribution in [2.75, 3.05) is 18.5 Å². The smallest absolute Gasteiger partial charge is 0.381 e. The van der Waals surface area contributed by atoms with Gasteiger partial charge in [0.1, 0.15) is 5.69 Å². The lowest BCUT2D eigenvalue weighted by atomic mass is 9.97. The second kappa shape index (κ2) is 6.27. The second-order valence-electron chi connectivity index (χ2n) is 5.59. The average Bonchev–Trinajstić information content (AvgIpc) is 3.14. The Hall–Kier alpha value is -2.36. The van der Waals surface area contributed by atoms with Gasteiger partial charge in [0, 0.05) is 44.0 Å².